The fraction of sp³-hybridized carbons (Fsp3) is 0.0625. The number of hydrogen-bond acceptors (Lipinski definition) is 6. The molecular weight excluding hydrogens is 296 g/mol. The van der Waals surface area contributed by atoms with Crippen LogP contribution in [0.2, 0.25) is 0 Å². The molecule has 23 heavy (non-hydrogen) atoms. The van der Waals surface area contributed by atoms with Crippen LogP contribution in [0, 0.1) is 10.1 Å². The molecule has 3 rings (SSSR count). The highest BCUT2D eigenvalue weighted by molar-refractivity contribution is 5.95. The number of non-ortho nitro benzene ring substituents is 1. The van der Waals surface area contributed by atoms with Crippen molar-refractivity contribution in [3.8, 4) is 0 Å². The maximum atomic E-state index is 11.3. The summed E-state index contributed by atoms with van der Waals surface area (Å²) < 4.78 is 0. The summed E-state index contributed by atoms with van der Waals surface area (Å²) in [6.45, 7) is 1.50. The number of nitrogens with zero attached hydrogens (tertiary/aromatic N) is 3. The predicted molar refractivity (Wildman–Crippen MR) is 85.9 cm³/mol. The summed E-state index contributed by atoms with van der Waals surface area (Å²) in [7, 11) is 0. The van der Waals surface area contributed by atoms with E-state index in [9.17, 15) is 14.9 Å². The van der Waals surface area contributed by atoms with Gasteiger partial charge in [-0.2, -0.15) is 0 Å². The van der Waals surface area contributed by atoms with E-state index in [2.05, 4.69) is 15.3 Å². The molecule has 0 fully saturated rings. The lowest BCUT2D eigenvalue weighted by Gasteiger charge is -2.08. The van der Waals surface area contributed by atoms with Gasteiger partial charge in [0.05, 0.1) is 10.4 Å². The number of nitro groups is 1. The Hall–Kier alpha value is -3.35. The average Bonchev–Trinajstić information content (AvgIpc) is 2.55. The second-order valence-corrected chi connectivity index (χ2v) is 4.94. The minimum absolute atomic E-state index is 0.0142. The summed E-state index contributed by atoms with van der Waals surface area (Å²) in [5.74, 6) is 0.453. The molecule has 1 heterocycles. The molecule has 0 spiro atoms. The summed E-state index contributed by atoms with van der Waals surface area (Å²) in [5, 5.41) is 14.6. The molecule has 7 heteroatoms. The van der Waals surface area contributed by atoms with Crippen LogP contribution in [0.3, 0.4) is 0 Å². The quantitative estimate of drug-likeness (QED) is 0.450. The van der Waals surface area contributed by atoms with Crippen molar-refractivity contribution in [1.29, 1.82) is 0 Å². The van der Waals surface area contributed by atoms with E-state index in [1.165, 1.54) is 25.4 Å². The Morgan fingerprint density at radius 1 is 1.13 bits per heavy atom. The molecule has 0 atom stereocenters. The van der Waals surface area contributed by atoms with E-state index in [1.54, 1.807) is 30.3 Å². The molecule has 0 unspecified atom stereocenters. The van der Waals surface area contributed by atoms with Crippen molar-refractivity contribution in [2.24, 2.45) is 0 Å². The Morgan fingerprint density at radius 2 is 1.87 bits per heavy atom. The molecule has 0 aliphatic heterocycles. The number of ketones is 1. The molecule has 114 valence electrons. The van der Waals surface area contributed by atoms with Gasteiger partial charge in [-0.15, -0.1) is 0 Å². The molecular formula is C16H12N4O3. The van der Waals surface area contributed by atoms with E-state index in [0.29, 0.717) is 22.3 Å². The van der Waals surface area contributed by atoms with Crippen molar-refractivity contribution >= 4 is 33.9 Å². The van der Waals surface area contributed by atoms with Gasteiger partial charge < -0.3 is 5.32 Å². The number of carbonyl (C=O) groups excluding carboxylic acids is 1. The molecule has 0 bridgehead atoms. The monoisotopic (exact) mass is 308 g/mol. The summed E-state index contributed by atoms with van der Waals surface area (Å²) in [6.07, 6.45) is 1.39. The van der Waals surface area contributed by atoms with E-state index in [1.807, 2.05) is 0 Å². The largest absolute Gasteiger partial charge is 0.340 e. The first-order valence-corrected chi connectivity index (χ1v) is 6.82. The summed E-state index contributed by atoms with van der Waals surface area (Å²) in [4.78, 5) is 30.0. The van der Waals surface area contributed by atoms with Crippen LogP contribution in [-0.4, -0.2) is 20.7 Å². The van der Waals surface area contributed by atoms with Gasteiger partial charge in [0.15, 0.2) is 5.78 Å². The van der Waals surface area contributed by atoms with E-state index in [0.717, 1.165) is 5.69 Å². The van der Waals surface area contributed by atoms with Crippen molar-refractivity contribution in [1.82, 2.24) is 9.97 Å². The molecule has 0 saturated carbocycles. The van der Waals surface area contributed by atoms with Gasteiger partial charge in [-0.3, -0.25) is 14.9 Å². The van der Waals surface area contributed by atoms with Gasteiger partial charge >= 0.3 is 0 Å². The number of nitrogens with one attached hydrogen (secondary N) is 1. The Morgan fingerprint density at radius 3 is 2.52 bits per heavy atom. The topological polar surface area (TPSA) is 98.0 Å². The first kappa shape index (κ1) is 14.6. The maximum Gasteiger partial charge on any atom is 0.270 e. The maximum absolute atomic E-state index is 11.3. The number of anilines is 2. The van der Waals surface area contributed by atoms with Crippen LogP contribution in [0.1, 0.15) is 17.3 Å². The third-order valence-corrected chi connectivity index (χ3v) is 3.38. The number of hydrogen-bond donors (Lipinski definition) is 1. The molecule has 3 aromatic rings. The summed E-state index contributed by atoms with van der Waals surface area (Å²) in [5.41, 5.74) is 1.91. The number of aromatic nitrogens is 2. The average molecular weight is 308 g/mol. The van der Waals surface area contributed by atoms with Crippen LogP contribution < -0.4 is 5.32 Å². The molecule has 0 aliphatic carbocycles. The SMILES string of the molecule is CC(=O)c1ccc(Nc2ncnc3ccc([N+](=O)[O-])cc23)cc1. The zero-order valence-corrected chi connectivity index (χ0v) is 12.2. The van der Waals surface area contributed by atoms with E-state index < -0.39 is 4.92 Å². The number of rotatable bonds is 4. The molecule has 0 aliphatic rings. The Kier molecular flexibility index (Phi) is 3.68. The Bertz CT molecular complexity index is 907. The van der Waals surface area contributed by atoms with E-state index >= 15 is 0 Å². The fourth-order valence-corrected chi connectivity index (χ4v) is 2.18. The van der Waals surface area contributed by atoms with E-state index in [-0.39, 0.29) is 11.5 Å². The van der Waals surface area contributed by atoms with Crippen LogP contribution in [0.25, 0.3) is 10.9 Å². The standard InChI is InChI=1S/C16H12N4O3/c1-10(21)11-2-4-12(5-3-11)19-16-14-8-13(20(22)23)6-7-15(14)17-9-18-16/h2-9H,1H3,(H,17,18,19). The van der Waals surface area contributed by atoms with Crippen LogP contribution in [0.4, 0.5) is 17.2 Å². The molecule has 2 aromatic carbocycles. The summed E-state index contributed by atoms with van der Waals surface area (Å²) in [6, 6.07) is 11.3. The number of nitro benzene ring substituents is 1. The molecule has 7 nitrogen and oxygen atoms in total. The highest BCUT2D eigenvalue weighted by Crippen LogP contribution is 2.26. The third kappa shape index (κ3) is 2.98. The molecule has 0 saturated heterocycles. The van der Waals surface area contributed by atoms with E-state index in [4.69, 9.17) is 0 Å². The lowest BCUT2D eigenvalue weighted by Crippen LogP contribution is -1.98. The van der Waals surface area contributed by atoms with Crippen molar-refractivity contribution in [2.75, 3.05) is 5.32 Å². The molecule has 1 aromatic heterocycles. The second kappa shape index (κ2) is 5.80. The third-order valence-electron chi connectivity index (χ3n) is 3.38. The van der Waals surface area contributed by atoms with Crippen molar-refractivity contribution in [3.63, 3.8) is 0 Å². The van der Waals surface area contributed by atoms with Crippen LogP contribution >= 0.6 is 0 Å². The lowest BCUT2D eigenvalue weighted by atomic mass is 10.1. The van der Waals surface area contributed by atoms with Gasteiger partial charge in [0.1, 0.15) is 12.1 Å². The first-order valence-electron chi connectivity index (χ1n) is 6.82. The van der Waals surface area contributed by atoms with Gasteiger partial charge in [-0.1, -0.05) is 0 Å². The smallest absolute Gasteiger partial charge is 0.270 e. The minimum atomic E-state index is -0.460. The number of fused-ring (bicyclic) bond motifs is 1. The van der Waals surface area contributed by atoms with Crippen molar-refractivity contribution in [3.05, 3.63) is 64.5 Å². The summed E-state index contributed by atoms with van der Waals surface area (Å²) >= 11 is 0. The lowest BCUT2D eigenvalue weighted by molar-refractivity contribution is -0.384. The Labute approximate surface area is 131 Å². The van der Waals surface area contributed by atoms with Crippen LogP contribution in [-0.2, 0) is 0 Å². The predicted octanol–water partition coefficient (Wildman–Crippen LogP) is 3.48. The Balaban J connectivity index is 2.00. The molecule has 0 radical (unpaired) electrons. The highest BCUT2D eigenvalue weighted by atomic mass is 16.6. The van der Waals surface area contributed by atoms with Gasteiger partial charge in [0.2, 0.25) is 0 Å². The van der Waals surface area contributed by atoms with Gasteiger partial charge in [0, 0.05) is 28.8 Å². The second-order valence-electron chi connectivity index (χ2n) is 4.94. The molecule has 1 N–H and O–H groups in total. The zero-order valence-electron chi connectivity index (χ0n) is 12.2. The zero-order chi connectivity index (χ0) is 16.4. The van der Waals surface area contributed by atoms with Gasteiger partial charge in [-0.05, 0) is 37.3 Å². The number of carbonyl (C=O) groups is 1. The normalized spacial score (nSPS) is 10.5. The fourth-order valence-electron chi connectivity index (χ4n) is 2.18. The van der Waals surface area contributed by atoms with Crippen molar-refractivity contribution in [2.45, 2.75) is 6.92 Å². The highest BCUT2D eigenvalue weighted by Gasteiger charge is 2.11. The first-order chi connectivity index (χ1) is 11.0. The van der Waals surface area contributed by atoms with Gasteiger partial charge in [0.25, 0.3) is 5.69 Å². The van der Waals surface area contributed by atoms with Crippen LogP contribution in [0.5, 0.6) is 0 Å². The number of Topliss-reactive ketones (excluding diaryl/α,β-unsaturated/α-hetero) is 1. The van der Waals surface area contributed by atoms with Gasteiger partial charge in [-0.25, -0.2) is 9.97 Å². The van der Waals surface area contributed by atoms with Crippen LogP contribution in [0.15, 0.2) is 48.8 Å². The molecule has 0 amide bonds. The minimum Gasteiger partial charge on any atom is -0.340 e. The van der Waals surface area contributed by atoms with Crippen molar-refractivity contribution < 1.29 is 9.72 Å². The number of benzene rings is 2.